The van der Waals surface area contributed by atoms with Gasteiger partial charge >= 0.3 is 10.0 Å². The second kappa shape index (κ2) is 5.69. The summed E-state index contributed by atoms with van der Waals surface area (Å²) in [7, 11) is -2.25. The van der Waals surface area contributed by atoms with E-state index < -0.39 is 19.8 Å². The van der Waals surface area contributed by atoms with Crippen molar-refractivity contribution in [3.63, 3.8) is 0 Å². The Morgan fingerprint density at radius 1 is 1.35 bits per heavy atom. The summed E-state index contributed by atoms with van der Waals surface area (Å²) in [6.45, 7) is 1.47. The number of hydrazine groups is 1. The summed E-state index contributed by atoms with van der Waals surface area (Å²) >= 11 is 0. The Bertz CT molecular complexity index is 656. The summed E-state index contributed by atoms with van der Waals surface area (Å²) in [5.74, 6) is 0. The third-order valence-corrected chi connectivity index (χ3v) is 4.10. The highest BCUT2D eigenvalue weighted by molar-refractivity contribution is 7.89. The van der Waals surface area contributed by atoms with Crippen LogP contribution in [0.1, 0.15) is 5.56 Å². The number of sulfonamides is 1. The van der Waals surface area contributed by atoms with Crippen molar-refractivity contribution in [2.75, 3.05) is 14.2 Å². The monoisotopic (exact) mass is 304 g/mol. The molecule has 0 heterocycles. The maximum atomic E-state index is 12.1. The maximum Gasteiger partial charge on any atom is 0.311 e. The van der Waals surface area contributed by atoms with Crippen LogP contribution in [0.4, 0.5) is 5.69 Å². The summed E-state index contributed by atoms with van der Waals surface area (Å²) in [6.07, 6.45) is 0. The van der Waals surface area contributed by atoms with Crippen LogP contribution in [-0.4, -0.2) is 36.9 Å². The van der Waals surface area contributed by atoms with Crippen LogP contribution in [0.15, 0.2) is 28.4 Å². The van der Waals surface area contributed by atoms with E-state index in [0.717, 1.165) is 26.3 Å². The second-order valence-electron chi connectivity index (χ2n) is 3.66. The minimum atomic E-state index is -4.26. The highest BCUT2D eigenvalue weighted by atomic mass is 32.2. The van der Waals surface area contributed by atoms with Crippen LogP contribution in [-0.2, 0) is 14.9 Å². The van der Waals surface area contributed by atoms with Crippen molar-refractivity contribution in [2.45, 2.75) is 11.8 Å². The lowest BCUT2D eigenvalue weighted by atomic mass is 10.2. The average molecular weight is 304 g/mol. The van der Waals surface area contributed by atoms with Crippen molar-refractivity contribution in [1.82, 2.24) is 4.41 Å². The minimum absolute atomic E-state index is 0.255. The summed E-state index contributed by atoms with van der Waals surface area (Å²) in [5.41, 5.74) is -0.0576. The Morgan fingerprint density at radius 3 is 2.45 bits per heavy atom. The van der Waals surface area contributed by atoms with Crippen LogP contribution >= 0.6 is 0 Å². The van der Waals surface area contributed by atoms with E-state index in [1.54, 1.807) is 0 Å². The van der Waals surface area contributed by atoms with Gasteiger partial charge in [0, 0.05) is 11.6 Å². The van der Waals surface area contributed by atoms with Crippen molar-refractivity contribution in [2.24, 2.45) is 5.28 Å². The lowest BCUT2D eigenvalue weighted by molar-refractivity contribution is -0.674. The Balaban J connectivity index is 3.33. The molecule has 0 amide bonds. The SMILES string of the molecule is CO/N=[N+](\[O-])N(C)S(=O)(=O)c1ccc(C)c([N+](=O)[O-])c1. The van der Waals surface area contributed by atoms with Crippen LogP contribution in [0.2, 0.25) is 0 Å². The molecule has 0 atom stereocenters. The normalized spacial score (nSPS) is 12.1. The fourth-order valence-electron chi connectivity index (χ4n) is 1.31. The van der Waals surface area contributed by atoms with E-state index in [1.807, 2.05) is 0 Å². The first-order valence-corrected chi connectivity index (χ1v) is 6.61. The Kier molecular flexibility index (Phi) is 4.45. The van der Waals surface area contributed by atoms with Crippen molar-refractivity contribution in [3.05, 3.63) is 39.1 Å². The van der Waals surface area contributed by atoms with Gasteiger partial charge in [-0.3, -0.25) is 10.1 Å². The van der Waals surface area contributed by atoms with Gasteiger partial charge in [-0.2, -0.15) is 8.42 Å². The molecule has 0 bridgehead atoms. The van der Waals surface area contributed by atoms with Gasteiger partial charge in [-0.25, -0.2) is 0 Å². The largest absolute Gasteiger partial charge is 0.568 e. The summed E-state index contributed by atoms with van der Waals surface area (Å²) in [6, 6.07) is 3.32. The predicted molar refractivity (Wildman–Crippen MR) is 65.8 cm³/mol. The number of benzene rings is 1. The van der Waals surface area contributed by atoms with Gasteiger partial charge in [0.1, 0.15) is 7.11 Å². The quantitative estimate of drug-likeness (QED) is 0.345. The van der Waals surface area contributed by atoms with Gasteiger partial charge < -0.3 is 10.0 Å². The Morgan fingerprint density at radius 2 is 1.95 bits per heavy atom. The third-order valence-electron chi connectivity index (χ3n) is 2.42. The molecule has 0 spiro atoms. The summed E-state index contributed by atoms with van der Waals surface area (Å²) in [4.78, 5) is 13.6. The fraction of sp³-hybridized carbons (Fsp3) is 0.333. The third kappa shape index (κ3) is 2.93. The molecule has 1 rings (SSSR count). The smallest absolute Gasteiger partial charge is 0.311 e. The van der Waals surface area contributed by atoms with Crippen LogP contribution in [0.3, 0.4) is 0 Å². The fourth-order valence-corrected chi connectivity index (χ4v) is 2.33. The summed E-state index contributed by atoms with van der Waals surface area (Å²) < 4.78 is 24.4. The first-order chi connectivity index (χ1) is 9.21. The second-order valence-corrected chi connectivity index (χ2v) is 5.61. The molecule has 0 aliphatic rings. The number of nitro groups is 1. The first kappa shape index (κ1) is 15.6. The molecule has 0 aromatic heterocycles. The lowest BCUT2D eigenvalue weighted by Crippen LogP contribution is -2.33. The molecule has 0 aliphatic carbocycles. The highest BCUT2D eigenvalue weighted by Gasteiger charge is 2.29. The molecule has 0 fully saturated rings. The van der Waals surface area contributed by atoms with Gasteiger partial charge in [0.25, 0.3) is 5.69 Å². The van der Waals surface area contributed by atoms with Crippen LogP contribution < -0.4 is 0 Å². The van der Waals surface area contributed by atoms with E-state index in [4.69, 9.17) is 0 Å². The molecule has 0 saturated heterocycles. The van der Waals surface area contributed by atoms with E-state index >= 15 is 0 Å². The molecule has 1 aromatic rings. The van der Waals surface area contributed by atoms with Gasteiger partial charge in [-0.15, -0.1) is 0 Å². The Hall–Kier alpha value is -2.43. The molecule has 11 heteroatoms. The average Bonchev–Trinajstić information content (AvgIpc) is 2.37. The van der Waals surface area contributed by atoms with Crippen molar-refractivity contribution in [1.29, 1.82) is 0 Å². The predicted octanol–water partition coefficient (Wildman–Crippen LogP) is 0.963. The van der Waals surface area contributed by atoms with E-state index in [2.05, 4.69) is 10.1 Å². The molecule has 20 heavy (non-hydrogen) atoms. The first-order valence-electron chi connectivity index (χ1n) is 5.17. The number of rotatable bonds is 5. The molecular weight excluding hydrogens is 292 g/mol. The maximum absolute atomic E-state index is 12.1. The number of hydrogen-bond acceptors (Lipinski definition) is 7. The number of nitrogens with zero attached hydrogens (tertiary/aromatic N) is 4. The van der Waals surface area contributed by atoms with E-state index in [1.165, 1.54) is 13.0 Å². The highest BCUT2D eigenvalue weighted by Crippen LogP contribution is 2.24. The molecular formula is C9H12N4O6S. The molecule has 0 aliphatic heterocycles. The van der Waals surface area contributed by atoms with Crippen molar-refractivity contribution >= 4 is 15.7 Å². The molecule has 1 aromatic carbocycles. The number of aryl methyl sites for hydroxylation is 1. The summed E-state index contributed by atoms with van der Waals surface area (Å²) in [5, 5.41) is 25.0. The van der Waals surface area contributed by atoms with Gasteiger partial charge in [-0.05, 0) is 17.4 Å². The molecule has 0 unspecified atom stereocenters. The van der Waals surface area contributed by atoms with Gasteiger partial charge in [-0.1, -0.05) is 6.07 Å². The van der Waals surface area contributed by atoms with Gasteiger partial charge in [0.2, 0.25) is 5.28 Å². The van der Waals surface area contributed by atoms with E-state index in [9.17, 15) is 23.7 Å². The van der Waals surface area contributed by atoms with Gasteiger partial charge in [0.15, 0.2) is 0 Å². The zero-order valence-corrected chi connectivity index (χ0v) is 11.7. The molecule has 10 nitrogen and oxygen atoms in total. The standard InChI is InChI=1S/C9H12N4O6S/c1-7-4-5-8(6-9(7)12(14)15)20(17,18)11(2)13(16)10-19-3/h4-6H,1-3H3/b13-10-. The zero-order chi connectivity index (χ0) is 15.5. The lowest BCUT2D eigenvalue weighted by Gasteiger charge is -2.13. The van der Waals surface area contributed by atoms with Crippen molar-refractivity contribution < 1.29 is 23.1 Å². The topological polar surface area (TPSA) is 128 Å². The molecule has 110 valence electrons. The number of nitro benzene ring substituents is 1. The number of hydrogen-bond donors (Lipinski definition) is 0. The molecule has 0 saturated carbocycles. The zero-order valence-electron chi connectivity index (χ0n) is 10.9. The van der Waals surface area contributed by atoms with Gasteiger partial charge in [0.05, 0.1) is 21.8 Å². The van der Waals surface area contributed by atoms with Crippen LogP contribution in [0, 0.1) is 22.2 Å². The van der Waals surface area contributed by atoms with Crippen LogP contribution in [0.25, 0.3) is 0 Å². The van der Waals surface area contributed by atoms with Crippen molar-refractivity contribution in [3.8, 4) is 0 Å². The van der Waals surface area contributed by atoms with Crippen LogP contribution in [0.5, 0.6) is 0 Å². The Labute approximate surface area is 114 Å². The van der Waals surface area contributed by atoms with E-state index in [0.29, 0.717) is 5.56 Å². The minimum Gasteiger partial charge on any atom is -0.568 e. The molecule has 0 radical (unpaired) electrons. The molecule has 0 N–H and O–H groups in total. The van der Waals surface area contributed by atoms with E-state index in [-0.39, 0.29) is 15.1 Å².